The summed E-state index contributed by atoms with van der Waals surface area (Å²) < 4.78 is 0. The van der Waals surface area contributed by atoms with Gasteiger partial charge in [0.25, 0.3) is 0 Å². The predicted octanol–water partition coefficient (Wildman–Crippen LogP) is 4.05. The fraction of sp³-hybridized carbons (Fsp3) is 0.357. The second-order valence-corrected chi connectivity index (χ2v) is 6.23. The maximum absolute atomic E-state index is 6.15. The SMILES string of the molecule is Clc1cc(NCC2CCSC2)c2ncccc2c1. The number of halogens is 1. The summed E-state index contributed by atoms with van der Waals surface area (Å²) in [5.41, 5.74) is 2.06. The molecule has 4 heteroatoms. The van der Waals surface area contributed by atoms with Crippen molar-refractivity contribution in [2.24, 2.45) is 5.92 Å². The summed E-state index contributed by atoms with van der Waals surface area (Å²) in [6.45, 7) is 1.01. The van der Waals surface area contributed by atoms with E-state index in [-0.39, 0.29) is 0 Å². The Bertz CT molecular complexity index is 552. The largest absolute Gasteiger partial charge is 0.383 e. The van der Waals surface area contributed by atoms with Crippen LogP contribution in [0.15, 0.2) is 30.5 Å². The fourth-order valence-corrected chi connectivity index (χ4v) is 3.80. The molecule has 1 aromatic carbocycles. The second kappa shape index (κ2) is 5.37. The maximum atomic E-state index is 6.15. The lowest BCUT2D eigenvalue weighted by Crippen LogP contribution is -2.13. The van der Waals surface area contributed by atoms with E-state index in [1.54, 1.807) is 0 Å². The van der Waals surface area contributed by atoms with E-state index >= 15 is 0 Å². The summed E-state index contributed by atoms with van der Waals surface area (Å²) >= 11 is 8.19. The van der Waals surface area contributed by atoms with Gasteiger partial charge in [0.2, 0.25) is 0 Å². The summed E-state index contributed by atoms with van der Waals surface area (Å²) in [5, 5.41) is 5.36. The van der Waals surface area contributed by atoms with Crippen LogP contribution in [0.2, 0.25) is 5.02 Å². The average Bonchev–Trinajstić information content (AvgIpc) is 2.89. The van der Waals surface area contributed by atoms with Crippen LogP contribution in [-0.4, -0.2) is 23.0 Å². The number of nitrogens with zero attached hydrogens (tertiary/aromatic N) is 1. The number of benzene rings is 1. The minimum Gasteiger partial charge on any atom is -0.383 e. The number of anilines is 1. The van der Waals surface area contributed by atoms with E-state index in [1.807, 2.05) is 42.2 Å². The molecule has 1 aromatic heterocycles. The smallest absolute Gasteiger partial charge is 0.0934 e. The molecule has 0 amide bonds. The molecule has 2 nitrogen and oxygen atoms in total. The molecule has 1 fully saturated rings. The molecule has 0 saturated carbocycles. The van der Waals surface area contributed by atoms with Gasteiger partial charge in [0, 0.05) is 23.2 Å². The molecule has 0 spiro atoms. The predicted molar refractivity (Wildman–Crippen MR) is 80.7 cm³/mol. The lowest BCUT2D eigenvalue weighted by molar-refractivity contribution is 0.632. The molecule has 0 aliphatic carbocycles. The molecule has 1 saturated heterocycles. The topological polar surface area (TPSA) is 24.9 Å². The molecule has 18 heavy (non-hydrogen) atoms. The normalized spacial score (nSPS) is 19.3. The third-order valence-corrected chi connectivity index (χ3v) is 4.72. The van der Waals surface area contributed by atoms with Crippen molar-refractivity contribution in [3.63, 3.8) is 0 Å². The Morgan fingerprint density at radius 1 is 1.44 bits per heavy atom. The van der Waals surface area contributed by atoms with E-state index in [0.717, 1.165) is 34.1 Å². The van der Waals surface area contributed by atoms with E-state index in [0.29, 0.717) is 0 Å². The molecule has 1 atom stereocenters. The standard InChI is InChI=1S/C14H15ClN2S/c15-12-6-11-2-1-4-16-14(11)13(7-12)17-8-10-3-5-18-9-10/h1-2,4,6-7,10,17H,3,5,8-9H2. The molecule has 3 rings (SSSR count). The molecule has 0 bridgehead atoms. The van der Waals surface area contributed by atoms with Gasteiger partial charge in [-0.2, -0.15) is 11.8 Å². The maximum Gasteiger partial charge on any atom is 0.0934 e. The van der Waals surface area contributed by atoms with Gasteiger partial charge < -0.3 is 5.32 Å². The first kappa shape index (κ1) is 12.1. The quantitative estimate of drug-likeness (QED) is 0.917. The lowest BCUT2D eigenvalue weighted by Gasteiger charge is -2.13. The molecule has 2 heterocycles. The van der Waals surface area contributed by atoms with Gasteiger partial charge in [-0.25, -0.2) is 0 Å². The van der Waals surface area contributed by atoms with Crippen LogP contribution in [0.25, 0.3) is 10.9 Å². The van der Waals surface area contributed by atoms with Crippen molar-refractivity contribution < 1.29 is 0 Å². The zero-order valence-electron chi connectivity index (χ0n) is 10.0. The Kier molecular flexibility index (Phi) is 3.62. The highest BCUT2D eigenvalue weighted by atomic mass is 35.5. The van der Waals surface area contributed by atoms with E-state index in [4.69, 9.17) is 11.6 Å². The lowest BCUT2D eigenvalue weighted by atomic mass is 10.1. The molecular formula is C14H15ClN2S. The van der Waals surface area contributed by atoms with E-state index in [2.05, 4.69) is 10.3 Å². The number of pyridine rings is 1. The Morgan fingerprint density at radius 2 is 2.39 bits per heavy atom. The monoisotopic (exact) mass is 278 g/mol. The van der Waals surface area contributed by atoms with Crippen LogP contribution in [0.4, 0.5) is 5.69 Å². The van der Waals surface area contributed by atoms with Crippen LogP contribution >= 0.6 is 23.4 Å². The molecular weight excluding hydrogens is 264 g/mol. The number of thioether (sulfide) groups is 1. The Hall–Kier alpha value is -0.930. The number of aromatic nitrogens is 1. The number of hydrogen-bond acceptors (Lipinski definition) is 3. The summed E-state index contributed by atoms with van der Waals surface area (Å²) in [4.78, 5) is 4.44. The van der Waals surface area contributed by atoms with Crippen LogP contribution in [0.1, 0.15) is 6.42 Å². The minimum atomic E-state index is 0.763. The highest BCUT2D eigenvalue weighted by Gasteiger charge is 2.15. The van der Waals surface area contributed by atoms with Crippen LogP contribution in [0, 0.1) is 5.92 Å². The third-order valence-electron chi connectivity index (χ3n) is 3.27. The highest BCUT2D eigenvalue weighted by molar-refractivity contribution is 7.99. The van der Waals surface area contributed by atoms with Gasteiger partial charge >= 0.3 is 0 Å². The van der Waals surface area contributed by atoms with Gasteiger partial charge in [0.15, 0.2) is 0 Å². The molecule has 94 valence electrons. The first-order valence-corrected chi connectivity index (χ1v) is 7.72. The number of nitrogens with one attached hydrogen (secondary N) is 1. The van der Waals surface area contributed by atoms with Gasteiger partial charge in [-0.3, -0.25) is 4.98 Å². The van der Waals surface area contributed by atoms with Gasteiger partial charge in [-0.1, -0.05) is 17.7 Å². The number of rotatable bonds is 3. The molecule has 1 aliphatic rings. The van der Waals surface area contributed by atoms with Crippen LogP contribution in [-0.2, 0) is 0 Å². The highest BCUT2D eigenvalue weighted by Crippen LogP contribution is 2.28. The molecule has 1 unspecified atom stereocenters. The average molecular weight is 279 g/mol. The van der Waals surface area contributed by atoms with Crippen LogP contribution in [0.3, 0.4) is 0 Å². The van der Waals surface area contributed by atoms with Crippen molar-refractivity contribution in [1.82, 2.24) is 4.98 Å². The van der Waals surface area contributed by atoms with Crippen molar-refractivity contribution >= 4 is 40.0 Å². The van der Waals surface area contributed by atoms with E-state index in [9.17, 15) is 0 Å². The first-order chi connectivity index (χ1) is 8.83. The number of fused-ring (bicyclic) bond motifs is 1. The molecule has 1 aliphatic heterocycles. The third kappa shape index (κ3) is 2.57. The molecule has 2 aromatic rings. The summed E-state index contributed by atoms with van der Waals surface area (Å²) in [6.07, 6.45) is 3.14. The minimum absolute atomic E-state index is 0.763. The van der Waals surface area contributed by atoms with Crippen molar-refractivity contribution in [2.45, 2.75) is 6.42 Å². The van der Waals surface area contributed by atoms with Gasteiger partial charge in [0.1, 0.15) is 0 Å². The Balaban J connectivity index is 1.85. The number of hydrogen-bond donors (Lipinski definition) is 1. The summed E-state index contributed by atoms with van der Waals surface area (Å²) in [6, 6.07) is 7.92. The van der Waals surface area contributed by atoms with E-state index in [1.165, 1.54) is 17.9 Å². The molecule has 0 radical (unpaired) electrons. The molecule has 1 N–H and O–H groups in total. The summed E-state index contributed by atoms with van der Waals surface area (Å²) in [7, 11) is 0. The Morgan fingerprint density at radius 3 is 3.22 bits per heavy atom. The van der Waals surface area contributed by atoms with Crippen LogP contribution < -0.4 is 5.32 Å². The zero-order valence-corrected chi connectivity index (χ0v) is 11.6. The van der Waals surface area contributed by atoms with Crippen molar-refractivity contribution in [2.75, 3.05) is 23.4 Å². The van der Waals surface area contributed by atoms with Crippen molar-refractivity contribution in [1.29, 1.82) is 0 Å². The zero-order chi connectivity index (χ0) is 12.4. The fourth-order valence-electron chi connectivity index (χ4n) is 2.29. The van der Waals surface area contributed by atoms with Gasteiger partial charge in [0.05, 0.1) is 11.2 Å². The van der Waals surface area contributed by atoms with Gasteiger partial charge in [-0.15, -0.1) is 0 Å². The van der Waals surface area contributed by atoms with Crippen molar-refractivity contribution in [3.05, 3.63) is 35.5 Å². The van der Waals surface area contributed by atoms with Crippen molar-refractivity contribution in [3.8, 4) is 0 Å². The van der Waals surface area contributed by atoms with E-state index < -0.39 is 0 Å². The Labute approximate surface area is 116 Å². The van der Waals surface area contributed by atoms with Gasteiger partial charge in [-0.05, 0) is 42.0 Å². The summed E-state index contributed by atoms with van der Waals surface area (Å²) in [5.74, 6) is 3.33. The first-order valence-electron chi connectivity index (χ1n) is 6.19. The second-order valence-electron chi connectivity index (χ2n) is 4.64. The van der Waals surface area contributed by atoms with Crippen LogP contribution in [0.5, 0.6) is 0 Å².